The van der Waals surface area contributed by atoms with Crippen molar-refractivity contribution in [3.8, 4) is 0 Å². The highest BCUT2D eigenvalue weighted by molar-refractivity contribution is 5.95. The van der Waals surface area contributed by atoms with Crippen LogP contribution in [0, 0.1) is 13.8 Å². The zero-order chi connectivity index (χ0) is 18.9. The number of rotatable bonds is 8. The van der Waals surface area contributed by atoms with Gasteiger partial charge in [-0.15, -0.1) is 0 Å². The Kier molecular flexibility index (Phi) is 7.17. The lowest BCUT2D eigenvalue weighted by molar-refractivity contribution is -0.114. The first kappa shape index (κ1) is 19.5. The number of hydrogen-bond donors (Lipinski definition) is 3. The summed E-state index contributed by atoms with van der Waals surface area (Å²) < 4.78 is 4.89. The van der Waals surface area contributed by atoms with Crippen LogP contribution in [0.4, 0.5) is 11.4 Å². The van der Waals surface area contributed by atoms with Gasteiger partial charge in [0.2, 0.25) is 5.91 Å². The van der Waals surface area contributed by atoms with Gasteiger partial charge in [-0.25, -0.2) is 0 Å². The van der Waals surface area contributed by atoms with Gasteiger partial charge in [0.05, 0.1) is 13.2 Å². The molecule has 0 aliphatic heterocycles. The first-order valence-corrected chi connectivity index (χ1v) is 8.48. The number of methoxy groups -OCH3 is 1. The van der Waals surface area contributed by atoms with Crippen LogP contribution in [0.5, 0.6) is 0 Å². The molecule has 0 radical (unpaired) electrons. The maximum absolute atomic E-state index is 12.1. The molecule has 0 aliphatic rings. The Balaban J connectivity index is 1.83. The minimum Gasteiger partial charge on any atom is -0.383 e. The van der Waals surface area contributed by atoms with Crippen molar-refractivity contribution in [3.05, 3.63) is 59.2 Å². The molecule has 3 N–H and O–H groups in total. The van der Waals surface area contributed by atoms with Crippen LogP contribution in [-0.2, 0) is 9.53 Å². The highest BCUT2D eigenvalue weighted by atomic mass is 16.5. The molecule has 2 rings (SSSR count). The van der Waals surface area contributed by atoms with E-state index in [4.69, 9.17) is 4.74 Å². The number of nitrogens with one attached hydrogen (secondary N) is 3. The zero-order valence-electron chi connectivity index (χ0n) is 15.4. The van der Waals surface area contributed by atoms with Gasteiger partial charge in [0, 0.05) is 30.6 Å². The number of carbonyl (C=O) groups is 2. The van der Waals surface area contributed by atoms with Crippen molar-refractivity contribution in [1.29, 1.82) is 0 Å². The van der Waals surface area contributed by atoms with Crippen molar-refractivity contribution in [2.75, 3.05) is 37.4 Å². The van der Waals surface area contributed by atoms with Gasteiger partial charge in [-0.1, -0.05) is 17.7 Å². The van der Waals surface area contributed by atoms with E-state index in [1.807, 2.05) is 32.0 Å². The lowest BCUT2D eigenvalue weighted by Gasteiger charge is -2.11. The second kappa shape index (κ2) is 9.58. The third-order valence-electron chi connectivity index (χ3n) is 3.85. The van der Waals surface area contributed by atoms with Gasteiger partial charge in [0.25, 0.3) is 5.91 Å². The normalized spacial score (nSPS) is 10.3. The van der Waals surface area contributed by atoms with Crippen molar-refractivity contribution in [3.63, 3.8) is 0 Å². The predicted octanol–water partition coefficient (Wildman–Crippen LogP) is 2.73. The molecule has 2 amide bonds. The lowest BCUT2D eigenvalue weighted by atomic mass is 10.1. The summed E-state index contributed by atoms with van der Waals surface area (Å²) in [6.07, 6.45) is 0. The van der Waals surface area contributed by atoms with Gasteiger partial charge >= 0.3 is 0 Å². The molecule has 138 valence electrons. The predicted molar refractivity (Wildman–Crippen MR) is 104 cm³/mol. The number of ether oxygens (including phenoxy) is 1. The molecule has 0 bridgehead atoms. The molecule has 0 spiro atoms. The second-order valence-electron chi connectivity index (χ2n) is 6.05. The van der Waals surface area contributed by atoms with E-state index < -0.39 is 0 Å². The Hall–Kier alpha value is -2.86. The van der Waals surface area contributed by atoms with Crippen LogP contribution < -0.4 is 16.0 Å². The Bertz CT molecular complexity index is 757. The summed E-state index contributed by atoms with van der Waals surface area (Å²) in [5, 5.41) is 8.70. The van der Waals surface area contributed by atoms with Crippen molar-refractivity contribution in [1.82, 2.24) is 5.32 Å². The number of anilines is 2. The van der Waals surface area contributed by atoms with E-state index in [9.17, 15) is 9.59 Å². The average Bonchev–Trinajstić information content (AvgIpc) is 2.63. The number of hydrogen-bond acceptors (Lipinski definition) is 4. The van der Waals surface area contributed by atoms with Gasteiger partial charge in [-0.3, -0.25) is 9.59 Å². The minimum atomic E-state index is -0.152. The highest BCUT2D eigenvalue weighted by Crippen LogP contribution is 2.16. The molecule has 6 nitrogen and oxygen atoms in total. The van der Waals surface area contributed by atoms with Crippen LogP contribution in [0.3, 0.4) is 0 Å². The Morgan fingerprint density at radius 1 is 1.04 bits per heavy atom. The van der Waals surface area contributed by atoms with Crippen LogP contribution >= 0.6 is 0 Å². The summed E-state index contributed by atoms with van der Waals surface area (Å²) in [6.45, 7) is 5.07. The fraction of sp³-hybridized carbons (Fsp3) is 0.300. The van der Waals surface area contributed by atoms with Gasteiger partial charge in [-0.05, 0) is 49.7 Å². The van der Waals surface area contributed by atoms with Crippen molar-refractivity contribution in [2.45, 2.75) is 13.8 Å². The standard InChI is InChI=1S/C20H25N3O3/c1-14-4-9-18(15(2)12-14)23-19(24)13-22-17-7-5-16(6-8-17)20(25)21-10-11-26-3/h4-9,12,22H,10-11,13H2,1-3H3,(H,21,25)(H,23,24). The molecule has 0 saturated carbocycles. The summed E-state index contributed by atoms with van der Waals surface area (Å²) in [4.78, 5) is 24.0. The largest absolute Gasteiger partial charge is 0.383 e. The molecule has 0 saturated heterocycles. The maximum atomic E-state index is 12.1. The van der Waals surface area contributed by atoms with Crippen molar-refractivity contribution < 1.29 is 14.3 Å². The fourth-order valence-corrected chi connectivity index (χ4v) is 2.44. The molecule has 2 aromatic carbocycles. The summed E-state index contributed by atoms with van der Waals surface area (Å²) in [7, 11) is 1.59. The number of aryl methyl sites for hydroxylation is 2. The average molecular weight is 355 g/mol. The van der Waals surface area contributed by atoms with Gasteiger partial charge in [0.1, 0.15) is 0 Å². The Labute approximate surface area is 153 Å². The van der Waals surface area contributed by atoms with Crippen LogP contribution in [0.1, 0.15) is 21.5 Å². The first-order valence-electron chi connectivity index (χ1n) is 8.48. The summed E-state index contributed by atoms with van der Waals surface area (Å²) in [5.41, 5.74) is 4.33. The van der Waals surface area contributed by atoms with Crippen molar-refractivity contribution in [2.24, 2.45) is 0 Å². The zero-order valence-corrected chi connectivity index (χ0v) is 15.4. The topological polar surface area (TPSA) is 79.5 Å². The van der Waals surface area contributed by atoms with E-state index >= 15 is 0 Å². The van der Waals surface area contributed by atoms with Crippen LogP contribution in [0.15, 0.2) is 42.5 Å². The monoisotopic (exact) mass is 355 g/mol. The van der Waals surface area contributed by atoms with Crippen LogP contribution in [0.25, 0.3) is 0 Å². The van der Waals surface area contributed by atoms with Crippen molar-refractivity contribution >= 4 is 23.2 Å². The first-order chi connectivity index (χ1) is 12.5. The Morgan fingerprint density at radius 3 is 2.42 bits per heavy atom. The molecular formula is C20H25N3O3. The van der Waals surface area contributed by atoms with Crippen LogP contribution in [0.2, 0.25) is 0 Å². The van der Waals surface area contributed by atoms with E-state index in [0.29, 0.717) is 18.7 Å². The maximum Gasteiger partial charge on any atom is 0.251 e. The van der Waals surface area contributed by atoms with Gasteiger partial charge in [0.15, 0.2) is 0 Å². The van der Waals surface area contributed by atoms with Crippen LogP contribution in [-0.4, -0.2) is 38.6 Å². The van der Waals surface area contributed by atoms with E-state index in [0.717, 1.165) is 22.5 Å². The SMILES string of the molecule is COCCNC(=O)c1ccc(NCC(=O)Nc2ccc(C)cc2C)cc1. The third kappa shape index (κ3) is 5.89. The lowest BCUT2D eigenvalue weighted by Crippen LogP contribution is -2.26. The fourth-order valence-electron chi connectivity index (χ4n) is 2.44. The van der Waals surface area contributed by atoms with Gasteiger partial charge in [-0.2, -0.15) is 0 Å². The van der Waals surface area contributed by atoms with E-state index in [-0.39, 0.29) is 18.4 Å². The quantitative estimate of drug-likeness (QED) is 0.636. The minimum absolute atomic E-state index is 0.127. The molecule has 0 aromatic heterocycles. The van der Waals surface area contributed by atoms with E-state index in [1.165, 1.54) is 0 Å². The number of benzene rings is 2. The molecule has 0 atom stereocenters. The number of carbonyl (C=O) groups excluding carboxylic acids is 2. The molecular weight excluding hydrogens is 330 g/mol. The Morgan fingerprint density at radius 2 is 1.77 bits per heavy atom. The molecule has 0 heterocycles. The molecule has 0 unspecified atom stereocenters. The molecule has 0 aliphatic carbocycles. The number of amides is 2. The molecule has 0 fully saturated rings. The van der Waals surface area contributed by atoms with Gasteiger partial charge < -0.3 is 20.7 Å². The summed E-state index contributed by atoms with van der Waals surface area (Å²) in [5.74, 6) is -0.278. The summed E-state index contributed by atoms with van der Waals surface area (Å²) in [6, 6.07) is 12.9. The highest BCUT2D eigenvalue weighted by Gasteiger charge is 2.07. The second-order valence-corrected chi connectivity index (χ2v) is 6.05. The summed E-state index contributed by atoms with van der Waals surface area (Å²) >= 11 is 0. The van der Waals surface area contributed by atoms with E-state index in [1.54, 1.807) is 31.4 Å². The molecule has 26 heavy (non-hydrogen) atoms. The third-order valence-corrected chi connectivity index (χ3v) is 3.85. The molecule has 2 aromatic rings. The molecule has 6 heteroatoms. The van der Waals surface area contributed by atoms with E-state index in [2.05, 4.69) is 16.0 Å². The smallest absolute Gasteiger partial charge is 0.251 e.